The van der Waals surface area contributed by atoms with Crippen LogP contribution < -0.4 is 0 Å². The van der Waals surface area contributed by atoms with Crippen LogP contribution in [0.2, 0.25) is 0 Å². The number of hydrogen-bond donors (Lipinski definition) is 2. The molecular formula is C15H21NO3S. The Bertz CT molecular complexity index is 503. The van der Waals surface area contributed by atoms with Crippen molar-refractivity contribution in [3.05, 3.63) is 21.4 Å². The summed E-state index contributed by atoms with van der Waals surface area (Å²) in [7, 11) is 0. The molecule has 2 N–H and O–H groups in total. The molecule has 0 saturated carbocycles. The molecule has 1 amide bonds. The Morgan fingerprint density at radius 3 is 2.75 bits per heavy atom. The van der Waals surface area contributed by atoms with E-state index in [0.717, 1.165) is 23.6 Å². The summed E-state index contributed by atoms with van der Waals surface area (Å²) in [6.45, 7) is 2.70. The zero-order chi connectivity index (χ0) is 14.3. The third kappa shape index (κ3) is 2.50. The van der Waals surface area contributed by atoms with Gasteiger partial charge in [0, 0.05) is 18.0 Å². The number of carbonyl (C=O) groups is 1. The molecule has 3 atom stereocenters. The number of aliphatic hydroxyl groups is 2. The summed E-state index contributed by atoms with van der Waals surface area (Å²) in [6.07, 6.45) is 2.97. The highest BCUT2D eigenvalue weighted by Gasteiger charge is 2.34. The average molecular weight is 295 g/mol. The maximum atomic E-state index is 12.4. The highest BCUT2D eigenvalue weighted by atomic mass is 32.1. The third-order valence-corrected chi connectivity index (χ3v) is 5.74. The summed E-state index contributed by atoms with van der Waals surface area (Å²) in [5.41, 5.74) is 1.33. The summed E-state index contributed by atoms with van der Waals surface area (Å²) in [5.74, 6) is 0.698. The summed E-state index contributed by atoms with van der Waals surface area (Å²) < 4.78 is 0. The van der Waals surface area contributed by atoms with Crippen LogP contribution in [0.3, 0.4) is 0 Å². The largest absolute Gasteiger partial charge is 0.388 e. The molecule has 0 radical (unpaired) electrons. The fraction of sp³-hybridized carbons (Fsp3) is 0.667. The number of aliphatic hydroxyl groups excluding tert-OH is 2. The van der Waals surface area contributed by atoms with Crippen LogP contribution >= 0.6 is 11.3 Å². The lowest BCUT2D eigenvalue weighted by molar-refractivity contribution is 0.0572. The van der Waals surface area contributed by atoms with Crippen molar-refractivity contribution in [3.63, 3.8) is 0 Å². The standard InChI is InChI=1S/C15H21NO3S/c1-2-9-3-4-13-10(5-9)6-14(20-13)15(19)16-7-11(17)12(18)8-16/h6,9,11-12,17-18H,2-5,7-8H2,1H3/t9?,11-,12+. The minimum atomic E-state index is -0.807. The SMILES string of the molecule is CCC1CCc2sc(C(=O)N3C[C@@H](O)[C@@H](O)C3)cc2C1. The molecule has 20 heavy (non-hydrogen) atoms. The van der Waals surface area contributed by atoms with Crippen molar-refractivity contribution >= 4 is 17.2 Å². The molecule has 4 nitrogen and oxygen atoms in total. The van der Waals surface area contributed by atoms with E-state index in [9.17, 15) is 15.0 Å². The number of nitrogens with zero attached hydrogens (tertiary/aromatic N) is 1. The number of hydrogen-bond acceptors (Lipinski definition) is 4. The lowest BCUT2D eigenvalue weighted by atomic mass is 9.87. The van der Waals surface area contributed by atoms with Gasteiger partial charge >= 0.3 is 0 Å². The van der Waals surface area contributed by atoms with Gasteiger partial charge in [-0.25, -0.2) is 0 Å². The average Bonchev–Trinajstić information content (AvgIpc) is 3.01. The molecular weight excluding hydrogens is 274 g/mol. The lowest BCUT2D eigenvalue weighted by Gasteiger charge is -2.19. The predicted molar refractivity (Wildman–Crippen MR) is 78.0 cm³/mol. The minimum Gasteiger partial charge on any atom is -0.388 e. The van der Waals surface area contributed by atoms with E-state index in [0.29, 0.717) is 0 Å². The number of carbonyl (C=O) groups excluding carboxylic acids is 1. The molecule has 2 aliphatic rings. The van der Waals surface area contributed by atoms with Crippen molar-refractivity contribution < 1.29 is 15.0 Å². The molecule has 1 aromatic heterocycles. The number of β-amino-alcohol motifs (C(OH)–C–C–N with tert-alkyl or cyclic N) is 2. The van der Waals surface area contributed by atoms with Gasteiger partial charge in [-0.1, -0.05) is 13.3 Å². The van der Waals surface area contributed by atoms with Crippen molar-refractivity contribution in [1.29, 1.82) is 0 Å². The second kappa shape index (κ2) is 5.47. The molecule has 0 spiro atoms. The van der Waals surface area contributed by atoms with Crippen molar-refractivity contribution in [2.75, 3.05) is 13.1 Å². The van der Waals surface area contributed by atoms with E-state index >= 15 is 0 Å². The van der Waals surface area contributed by atoms with E-state index in [-0.39, 0.29) is 19.0 Å². The zero-order valence-electron chi connectivity index (χ0n) is 11.7. The van der Waals surface area contributed by atoms with Gasteiger partial charge in [0.25, 0.3) is 5.91 Å². The molecule has 0 aromatic carbocycles. The van der Waals surface area contributed by atoms with Crippen LogP contribution in [0.15, 0.2) is 6.07 Å². The fourth-order valence-electron chi connectivity index (χ4n) is 3.14. The predicted octanol–water partition coefficient (Wildman–Crippen LogP) is 1.44. The number of aryl methyl sites for hydroxylation is 1. The number of fused-ring (bicyclic) bond motifs is 1. The first-order chi connectivity index (χ1) is 9.58. The van der Waals surface area contributed by atoms with Gasteiger partial charge in [-0.05, 0) is 36.8 Å². The molecule has 1 aliphatic carbocycles. The van der Waals surface area contributed by atoms with Gasteiger partial charge in [-0.15, -0.1) is 11.3 Å². The number of thiophene rings is 1. The van der Waals surface area contributed by atoms with Gasteiger partial charge in [0.1, 0.15) is 0 Å². The Labute approximate surface area is 123 Å². The molecule has 3 rings (SSSR count). The highest BCUT2D eigenvalue weighted by Crippen LogP contribution is 2.34. The van der Waals surface area contributed by atoms with Crippen LogP contribution in [0.1, 0.15) is 39.9 Å². The van der Waals surface area contributed by atoms with Gasteiger partial charge in [0.05, 0.1) is 17.1 Å². The van der Waals surface area contributed by atoms with Crippen molar-refractivity contribution in [2.45, 2.75) is 44.8 Å². The van der Waals surface area contributed by atoms with E-state index < -0.39 is 12.2 Å². The third-order valence-electron chi connectivity index (χ3n) is 4.52. The first-order valence-electron chi connectivity index (χ1n) is 7.35. The molecule has 5 heteroatoms. The first-order valence-corrected chi connectivity index (χ1v) is 8.17. The van der Waals surface area contributed by atoms with Gasteiger partial charge in [-0.3, -0.25) is 4.79 Å². The van der Waals surface area contributed by atoms with E-state index in [4.69, 9.17) is 0 Å². The highest BCUT2D eigenvalue weighted by molar-refractivity contribution is 7.14. The van der Waals surface area contributed by atoms with E-state index in [1.54, 1.807) is 16.2 Å². The molecule has 1 aliphatic heterocycles. The Kier molecular flexibility index (Phi) is 3.84. The Balaban J connectivity index is 1.75. The van der Waals surface area contributed by atoms with Gasteiger partial charge in [-0.2, -0.15) is 0 Å². The molecule has 1 aromatic rings. The Morgan fingerprint density at radius 1 is 1.40 bits per heavy atom. The van der Waals surface area contributed by atoms with E-state index in [1.807, 2.05) is 6.07 Å². The van der Waals surface area contributed by atoms with E-state index in [1.165, 1.54) is 23.3 Å². The van der Waals surface area contributed by atoms with Crippen LogP contribution in [0.4, 0.5) is 0 Å². The van der Waals surface area contributed by atoms with E-state index in [2.05, 4.69) is 6.92 Å². The number of amides is 1. The van der Waals surface area contributed by atoms with Crippen LogP contribution in [0.25, 0.3) is 0 Å². The topological polar surface area (TPSA) is 60.8 Å². The van der Waals surface area contributed by atoms with Crippen molar-refractivity contribution in [2.24, 2.45) is 5.92 Å². The minimum absolute atomic E-state index is 0.0481. The van der Waals surface area contributed by atoms with Crippen LogP contribution in [0, 0.1) is 5.92 Å². The number of rotatable bonds is 2. The summed E-state index contributed by atoms with van der Waals surface area (Å²) in [4.78, 5) is 16.1. The second-order valence-electron chi connectivity index (χ2n) is 5.92. The number of likely N-dealkylation sites (tertiary alicyclic amines) is 1. The zero-order valence-corrected chi connectivity index (χ0v) is 12.5. The van der Waals surface area contributed by atoms with Crippen LogP contribution in [-0.4, -0.2) is 46.3 Å². The quantitative estimate of drug-likeness (QED) is 0.868. The lowest BCUT2D eigenvalue weighted by Crippen LogP contribution is -2.29. The molecule has 1 unspecified atom stereocenters. The monoisotopic (exact) mass is 295 g/mol. The molecule has 1 fully saturated rings. The molecule has 2 heterocycles. The van der Waals surface area contributed by atoms with Gasteiger partial charge in [0.15, 0.2) is 0 Å². The normalized spacial score (nSPS) is 29.6. The van der Waals surface area contributed by atoms with Crippen LogP contribution in [0.5, 0.6) is 0 Å². The smallest absolute Gasteiger partial charge is 0.264 e. The maximum absolute atomic E-state index is 12.4. The molecule has 110 valence electrons. The molecule has 1 saturated heterocycles. The summed E-state index contributed by atoms with van der Waals surface area (Å²) in [5, 5.41) is 19.1. The first kappa shape index (κ1) is 14.0. The maximum Gasteiger partial charge on any atom is 0.264 e. The summed E-state index contributed by atoms with van der Waals surface area (Å²) >= 11 is 1.59. The fourth-order valence-corrected chi connectivity index (χ4v) is 4.32. The second-order valence-corrected chi connectivity index (χ2v) is 7.06. The van der Waals surface area contributed by atoms with Crippen molar-refractivity contribution in [1.82, 2.24) is 4.90 Å². The van der Waals surface area contributed by atoms with Crippen LogP contribution in [-0.2, 0) is 12.8 Å². The van der Waals surface area contributed by atoms with Crippen molar-refractivity contribution in [3.8, 4) is 0 Å². The summed E-state index contributed by atoms with van der Waals surface area (Å²) in [6, 6.07) is 2.03. The molecule has 0 bridgehead atoms. The Morgan fingerprint density at radius 2 is 2.10 bits per heavy atom. The Hall–Kier alpha value is -0.910. The van der Waals surface area contributed by atoms with Gasteiger partial charge in [0.2, 0.25) is 0 Å². The van der Waals surface area contributed by atoms with Gasteiger partial charge < -0.3 is 15.1 Å².